The SMILES string of the molecule is COCN1C(=O)N(COC)C2C1N(COC)C(=O)N2COC.COCN1C(=O)NC2NC(=O)NC21. The van der Waals surface area contributed by atoms with Crippen LogP contribution in [0, 0.1) is 0 Å². The minimum Gasteiger partial charge on any atom is -0.364 e. The molecule has 0 aliphatic carbocycles. The van der Waals surface area contributed by atoms with Crippen LogP contribution in [0.25, 0.3) is 0 Å². The molecule has 8 amide bonds. The molecule has 0 aromatic carbocycles. The van der Waals surface area contributed by atoms with E-state index in [1.807, 2.05) is 0 Å². The van der Waals surface area contributed by atoms with Crippen LogP contribution in [0.5, 0.6) is 0 Å². The van der Waals surface area contributed by atoms with Crippen molar-refractivity contribution in [3.05, 3.63) is 0 Å². The van der Waals surface area contributed by atoms with Gasteiger partial charge in [-0.2, -0.15) is 0 Å². The predicted octanol–water partition coefficient (Wildman–Crippen LogP) is -1.89. The maximum absolute atomic E-state index is 12.6. The fraction of sp³-hybridized carbons (Fsp3) is 0.778. The minimum atomic E-state index is -0.523. The number of hydrogen-bond acceptors (Lipinski definition) is 9. The first kappa shape index (κ1) is 26.5. The fourth-order valence-electron chi connectivity index (χ4n) is 4.32. The summed E-state index contributed by atoms with van der Waals surface area (Å²) < 4.78 is 25.2. The predicted molar refractivity (Wildman–Crippen MR) is 115 cm³/mol. The third-order valence-electron chi connectivity index (χ3n) is 5.62. The van der Waals surface area contributed by atoms with Crippen LogP contribution in [0.3, 0.4) is 0 Å². The van der Waals surface area contributed by atoms with Gasteiger partial charge in [0.05, 0.1) is 0 Å². The second kappa shape index (κ2) is 11.5. The molecule has 0 aromatic rings. The number of methoxy groups -OCH3 is 5. The van der Waals surface area contributed by atoms with Gasteiger partial charge >= 0.3 is 24.1 Å². The Morgan fingerprint density at radius 2 is 0.943 bits per heavy atom. The number of urea groups is 4. The third kappa shape index (κ3) is 4.98. The van der Waals surface area contributed by atoms with Gasteiger partial charge in [-0.05, 0) is 0 Å². The van der Waals surface area contributed by atoms with Gasteiger partial charge in [0, 0.05) is 35.5 Å². The maximum atomic E-state index is 12.6. The molecule has 0 spiro atoms. The normalized spacial score (nSPS) is 27.1. The molecule has 0 aromatic heterocycles. The van der Waals surface area contributed by atoms with Crippen molar-refractivity contribution in [2.24, 2.45) is 0 Å². The molecule has 2 unspecified atom stereocenters. The Morgan fingerprint density at radius 1 is 0.571 bits per heavy atom. The number of fused-ring (bicyclic) bond motifs is 2. The smallest absolute Gasteiger partial charge is 0.327 e. The highest BCUT2D eigenvalue weighted by molar-refractivity contribution is 5.85. The van der Waals surface area contributed by atoms with Crippen LogP contribution in [0.1, 0.15) is 0 Å². The Kier molecular flexibility index (Phi) is 8.73. The molecular formula is C18H32N8O9. The van der Waals surface area contributed by atoms with Gasteiger partial charge in [-0.3, -0.25) is 24.5 Å². The molecule has 2 atom stereocenters. The first-order valence-electron chi connectivity index (χ1n) is 10.6. The summed E-state index contributed by atoms with van der Waals surface area (Å²) in [4.78, 5) is 54.5. The summed E-state index contributed by atoms with van der Waals surface area (Å²) in [5.41, 5.74) is 0. The van der Waals surface area contributed by atoms with Gasteiger partial charge in [0.2, 0.25) is 0 Å². The monoisotopic (exact) mass is 504 g/mol. The Morgan fingerprint density at radius 3 is 1.31 bits per heavy atom. The first-order chi connectivity index (χ1) is 16.8. The van der Waals surface area contributed by atoms with E-state index >= 15 is 0 Å². The number of hydrogen-bond donors (Lipinski definition) is 3. The molecule has 0 saturated carbocycles. The second-order valence-corrected chi connectivity index (χ2v) is 7.82. The van der Waals surface area contributed by atoms with Crippen LogP contribution in [0.4, 0.5) is 19.2 Å². The molecule has 0 bridgehead atoms. The molecule has 17 nitrogen and oxygen atoms in total. The summed E-state index contributed by atoms with van der Waals surface area (Å²) in [6.07, 6.45) is -1.74. The van der Waals surface area contributed by atoms with Gasteiger partial charge in [-0.25, -0.2) is 19.2 Å². The lowest BCUT2D eigenvalue weighted by molar-refractivity contribution is -0.0135. The molecule has 4 aliphatic rings. The Labute approximate surface area is 202 Å². The molecule has 4 aliphatic heterocycles. The van der Waals surface area contributed by atoms with E-state index in [9.17, 15) is 19.2 Å². The van der Waals surface area contributed by atoms with Crippen molar-refractivity contribution in [3.63, 3.8) is 0 Å². The summed E-state index contributed by atoms with van der Waals surface area (Å²) >= 11 is 0. The number of rotatable bonds is 10. The number of carbonyl (C=O) groups is 4. The minimum absolute atomic E-state index is 0.0640. The van der Waals surface area contributed by atoms with Crippen LogP contribution in [0.2, 0.25) is 0 Å². The zero-order valence-electron chi connectivity index (χ0n) is 20.3. The lowest BCUT2D eigenvalue weighted by Gasteiger charge is -2.28. The van der Waals surface area contributed by atoms with E-state index < -0.39 is 12.3 Å². The van der Waals surface area contributed by atoms with Crippen LogP contribution in [-0.4, -0.2) is 142 Å². The molecular weight excluding hydrogens is 472 g/mol. The fourth-order valence-corrected chi connectivity index (χ4v) is 4.32. The maximum Gasteiger partial charge on any atom is 0.327 e. The lowest BCUT2D eigenvalue weighted by Crippen LogP contribution is -2.48. The van der Waals surface area contributed by atoms with Gasteiger partial charge in [0.1, 0.15) is 46.0 Å². The van der Waals surface area contributed by atoms with E-state index in [0.717, 1.165) is 0 Å². The average molecular weight is 505 g/mol. The van der Waals surface area contributed by atoms with Gasteiger partial charge in [0.15, 0.2) is 12.3 Å². The zero-order valence-corrected chi connectivity index (χ0v) is 20.3. The molecule has 4 fully saturated rings. The third-order valence-corrected chi connectivity index (χ3v) is 5.62. The Hall–Kier alpha value is -3.12. The highest BCUT2D eigenvalue weighted by atomic mass is 16.5. The van der Waals surface area contributed by atoms with Gasteiger partial charge in [-0.15, -0.1) is 0 Å². The summed E-state index contributed by atoms with van der Waals surface area (Å²) in [6, 6.07) is -1.07. The van der Waals surface area contributed by atoms with Crippen molar-refractivity contribution in [1.29, 1.82) is 0 Å². The summed E-state index contributed by atoms with van der Waals surface area (Å²) in [5.74, 6) is 0. The quantitative estimate of drug-likeness (QED) is 0.308. The standard InChI is InChI=1S/C12H22N4O6.C6H10N4O3/c1-19-5-13-9-10(15(7-21-3)11(13)17)16(8-22-4)12(18)14(9)6-20-2;1-13-2-10-4-3(8-6(10)12)7-5(11)9-4/h9-10H,5-8H2,1-4H3;3-4H,2H2,1H3,(H,8,12)(H2,7,9,11). The van der Waals surface area contributed by atoms with Crippen LogP contribution in [-0.2, 0) is 23.7 Å². The number of ether oxygens (including phenoxy) is 5. The number of nitrogens with one attached hydrogen (secondary N) is 3. The van der Waals surface area contributed by atoms with Crippen LogP contribution in [0.15, 0.2) is 0 Å². The van der Waals surface area contributed by atoms with Crippen LogP contribution >= 0.6 is 0 Å². The van der Waals surface area contributed by atoms with Gasteiger partial charge in [-0.1, -0.05) is 0 Å². The largest absolute Gasteiger partial charge is 0.364 e. The molecule has 17 heteroatoms. The molecule has 198 valence electrons. The highest BCUT2D eigenvalue weighted by Crippen LogP contribution is 2.34. The van der Waals surface area contributed by atoms with Crippen molar-refractivity contribution in [2.45, 2.75) is 24.7 Å². The van der Waals surface area contributed by atoms with Crippen molar-refractivity contribution in [3.8, 4) is 0 Å². The molecule has 4 rings (SSSR count). The topological polar surface area (TPSA) is 167 Å². The number of carbonyl (C=O) groups excluding carboxylic acids is 4. The molecule has 4 saturated heterocycles. The Balaban J connectivity index is 0.000000223. The van der Waals surface area contributed by atoms with E-state index in [-0.39, 0.29) is 70.1 Å². The van der Waals surface area contributed by atoms with E-state index in [1.165, 1.54) is 60.0 Å². The number of amides is 8. The summed E-state index contributed by atoms with van der Waals surface area (Å²) in [5, 5.41) is 7.74. The van der Waals surface area contributed by atoms with Crippen molar-refractivity contribution in [1.82, 2.24) is 40.4 Å². The molecule has 35 heavy (non-hydrogen) atoms. The molecule has 3 N–H and O–H groups in total. The van der Waals surface area contributed by atoms with Crippen LogP contribution < -0.4 is 16.0 Å². The van der Waals surface area contributed by atoms with Crippen molar-refractivity contribution >= 4 is 24.1 Å². The molecule has 0 radical (unpaired) electrons. The second-order valence-electron chi connectivity index (χ2n) is 7.82. The highest BCUT2D eigenvalue weighted by Gasteiger charge is 2.59. The summed E-state index contributed by atoms with van der Waals surface area (Å²) in [7, 11) is 7.46. The Bertz CT molecular complexity index is 734. The van der Waals surface area contributed by atoms with E-state index in [4.69, 9.17) is 23.7 Å². The lowest BCUT2D eigenvalue weighted by atomic mass is 10.3. The number of nitrogens with zero attached hydrogens (tertiary/aromatic N) is 5. The van der Waals surface area contributed by atoms with E-state index in [1.54, 1.807) is 0 Å². The average Bonchev–Trinajstić information content (AvgIpc) is 3.48. The van der Waals surface area contributed by atoms with Crippen molar-refractivity contribution in [2.75, 3.05) is 69.2 Å². The van der Waals surface area contributed by atoms with E-state index in [0.29, 0.717) is 0 Å². The summed E-state index contributed by atoms with van der Waals surface area (Å²) in [6.45, 7) is 0.418. The zero-order chi connectivity index (χ0) is 25.7. The van der Waals surface area contributed by atoms with Gasteiger partial charge < -0.3 is 39.6 Å². The van der Waals surface area contributed by atoms with Gasteiger partial charge in [0.25, 0.3) is 0 Å². The van der Waals surface area contributed by atoms with E-state index in [2.05, 4.69) is 16.0 Å². The van der Waals surface area contributed by atoms with Crippen molar-refractivity contribution < 1.29 is 42.9 Å². The molecule has 4 heterocycles. The first-order valence-corrected chi connectivity index (χ1v) is 10.6.